The van der Waals surface area contributed by atoms with Gasteiger partial charge in [0.25, 0.3) is 5.91 Å². The molecule has 1 N–H and O–H groups in total. The summed E-state index contributed by atoms with van der Waals surface area (Å²) in [4.78, 5) is 10.9. The molecule has 0 aromatic heterocycles. The fourth-order valence-corrected chi connectivity index (χ4v) is 1.26. The van der Waals surface area contributed by atoms with Crippen LogP contribution in [0, 0.1) is 12.8 Å². The Labute approximate surface area is 83.1 Å². The standard InChI is InChI=1S/C11H14FNO/c1-8-3-5-10(6-4-8)7-9(2)11(14)13-12/h3-6,9H,7H2,1-2H3,(H,13,14)/t9-/m0/s1. The van der Waals surface area contributed by atoms with Crippen LogP contribution in [-0.2, 0) is 11.2 Å². The predicted octanol–water partition coefficient (Wildman–Crippen LogP) is 2.17. The lowest BCUT2D eigenvalue weighted by atomic mass is 10.00. The highest BCUT2D eigenvalue weighted by atomic mass is 19.2. The number of carbonyl (C=O) groups is 1. The van der Waals surface area contributed by atoms with E-state index in [1.54, 1.807) is 6.92 Å². The van der Waals surface area contributed by atoms with Gasteiger partial charge < -0.3 is 0 Å². The van der Waals surface area contributed by atoms with Gasteiger partial charge in [0.1, 0.15) is 0 Å². The molecule has 1 atom stereocenters. The first-order valence-corrected chi connectivity index (χ1v) is 4.59. The second-order valence-corrected chi connectivity index (χ2v) is 3.55. The first kappa shape index (κ1) is 10.7. The van der Waals surface area contributed by atoms with Gasteiger partial charge in [-0.1, -0.05) is 36.8 Å². The molecule has 0 aliphatic carbocycles. The minimum Gasteiger partial charge on any atom is -0.272 e. The van der Waals surface area contributed by atoms with Crippen LogP contribution in [0.3, 0.4) is 0 Å². The SMILES string of the molecule is Cc1ccc(C[C@H](C)C(=O)NF)cc1. The van der Waals surface area contributed by atoms with E-state index in [0.717, 1.165) is 11.1 Å². The van der Waals surface area contributed by atoms with Gasteiger partial charge in [-0.2, -0.15) is 5.54 Å². The fourth-order valence-electron chi connectivity index (χ4n) is 1.26. The molecule has 1 amide bonds. The van der Waals surface area contributed by atoms with Crippen molar-refractivity contribution in [2.24, 2.45) is 5.92 Å². The number of halogens is 1. The number of nitrogens with one attached hydrogen (secondary N) is 1. The predicted molar refractivity (Wildman–Crippen MR) is 53.3 cm³/mol. The van der Waals surface area contributed by atoms with Crippen molar-refractivity contribution in [2.75, 3.05) is 0 Å². The minimum absolute atomic E-state index is 0.331. The van der Waals surface area contributed by atoms with Gasteiger partial charge in [0.2, 0.25) is 0 Å². The van der Waals surface area contributed by atoms with E-state index in [4.69, 9.17) is 0 Å². The molecule has 76 valence electrons. The molecule has 14 heavy (non-hydrogen) atoms. The second-order valence-electron chi connectivity index (χ2n) is 3.55. The summed E-state index contributed by atoms with van der Waals surface area (Å²) in [6, 6.07) is 7.87. The Hall–Kier alpha value is -1.38. The smallest absolute Gasteiger partial charge is 0.250 e. The van der Waals surface area contributed by atoms with Gasteiger partial charge in [0, 0.05) is 5.92 Å². The molecular weight excluding hydrogens is 181 g/mol. The molecule has 2 nitrogen and oxygen atoms in total. The van der Waals surface area contributed by atoms with E-state index < -0.39 is 5.91 Å². The van der Waals surface area contributed by atoms with E-state index >= 15 is 0 Å². The van der Waals surface area contributed by atoms with E-state index in [9.17, 15) is 9.28 Å². The molecule has 0 spiro atoms. The summed E-state index contributed by atoms with van der Waals surface area (Å²) in [5.74, 6) is -0.895. The molecule has 3 heteroatoms. The van der Waals surface area contributed by atoms with Crippen LogP contribution in [0.15, 0.2) is 24.3 Å². The van der Waals surface area contributed by atoms with E-state index in [1.165, 1.54) is 5.56 Å². The third-order valence-corrected chi connectivity index (χ3v) is 2.20. The molecule has 1 aromatic rings. The maximum absolute atomic E-state index is 11.8. The van der Waals surface area contributed by atoms with Gasteiger partial charge in [-0.05, 0) is 18.9 Å². The third-order valence-electron chi connectivity index (χ3n) is 2.20. The van der Waals surface area contributed by atoms with Crippen molar-refractivity contribution in [2.45, 2.75) is 20.3 Å². The van der Waals surface area contributed by atoms with E-state index in [1.807, 2.05) is 31.2 Å². The molecule has 0 saturated carbocycles. The molecule has 0 fully saturated rings. The van der Waals surface area contributed by atoms with E-state index in [0.29, 0.717) is 6.42 Å². The van der Waals surface area contributed by atoms with Crippen molar-refractivity contribution in [3.63, 3.8) is 0 Å². The molecule has 1 aromatic carbocycles. The Morgan fingerprint density at radius 2 is 2.00 bits per heavy atom. The zero-order chi connectivity index (χ0) is 10.6. The van der Waals surface area contributed by atoms with Gasteiger partial charge in [0.05, 0.1) is 0 Å². The number of hydrogen-bond acceptors (Lipinski definition) is 1. The van der Waals surface area contributed by atoms with Crippen molar-refractivity contribution >= 4 is 5.91 Å². The summed E-state index contributed by atoms with van der Waals surface area (Å²) in [7, 11) is 0. The van der Waals surface area contributed by atoms with Crippen molar-refractivity contribution in [3.8, 4) is 0 Å². The Balaban J connectivity index is 2.60. The molecule has 1 rings (SSSR count). The molecule has 0 aliphatic rings. The summed E-state index contributed by atoms with van der Waals surface area (Å²) in [6.45, 7) is 3.70. The minimum atomic E-state index is -0.564. The van der Waals surface area contributed by atoms with Crippen LogP contribution in [0.4, 0.5) is 4.48 Å². The van der Waals surface area contributed by atoms with Crippen LogP contribution in [0.25, 0.3) is 0 Å². The third kappa shape index (κ3) is 2.83. The first-order chi connectivity index (χ1) is 6.63. The van der Waals surface area contributed by atoms with Crippen LogP contribution in [0.5, 0.6) is 0 Å². The van der Waals surface area contributed by atoms with Crippen molar-refractivity contribution < 1.29 is 9.28 Å². The van der Waals surface area contributed by atoms with Crippen LogP contribution >= 0.6 is 0 Å². The molecule has 0 bridgehead atoms. The molecule has 0 radical (unpaired) electrons. The van der Waals surface area contributed by atoms with E-state index in [-0.39, 0.29) is 5.92 Å². The average molecular weight is 195 g/mol. The summed E-state index contributed by atoms with van der Waals surface area (Å²) in [5, 5.41) is 0. The summed E-state index contributed by atoms with van der Waals surface area (Å²) >= 11 is 0. The number of benzene rings is 1. The Kier molecular flexibility index (Phi) is 3.63. The molecular formula is C11H14FNO. The van der Waals surface area contributed by atoms with Gasteiger partial charge in [-0.25, -0.2) is 0 Å². The zero-order valence-electron chi connectivity index (χ0n) is 8.38. The number of rotatable bonds is 3. The lowest BCUT2D eigenvalue weighted by Gasteiger charge is -2.08. The average Bonchev–Trinajstić information content (AvgIpc) is 2.20. The van der Waals surface area contributed by atoms with Gasteiger partial charge in [-0.15, -0.1) is 4.48 Å². The Bertz CT molecular complexity index is 308. The first-order valence-electron chi connectivity index (χ1n) is 4.59. The summed E-state index contributed by atoms with van der Waals surface area (Å²) in [5.41, 5.74) is 3.38. The van der Waals surface area contributed by atoms with E-state index in [2.05, 4.69) is 0 Å². The monoisotopic (exact) mass is 195 g/mol. The number of amides is 1. The largest absolute Gasteiger partial charge is 0.272 e. The molecule has 0 heterocycles. The van der Waals surface area contributed by atoms with Crippen LogP contribution in [0.1, 0.15) is 18.1 Å². The van der Waals surface area contributed by atoms with Gasteiger partial charge >= 0.3 is 0 Å². The highest BCUT2D eigenvalue weighted by molar-refractivity contribution is 5.77. The molecule has 0 aliphatic heterocycles. The topological polar surface area (TPSA) is 29.1 Å². The van der Waals surface area contributed by atoms with Crippen molar-refractivity contribution in [3.05, 3.63) is 35.4 Å². The molecule has 0 unspecified atom stereocenters. The lowest BCUT2D eigenvalue weighted by Crippen LogP contribution is -2.23. The maximum atomic E-state index is 11.8. The quantitative estimate of drug-likeness (QED) is 0.736. The Morgan fingerprint density at radius 3 is 2.50 bits per heavy atom. The number of hydrogen-bond donors (Lipinski definition) is 1. The number of aryl methyl sites for hydroxylation is 1. The lowest BCUT2D eigenvalue weighted by molar-refractivity contribution is -0.128. The van der Waals surface area contributed by atoms with Gasteiger partial charge in [-0.3, -0.25) is 4.79 Å². The number of carbonyl (C=O) groups excluding carboxylic acids is 1. The second kappa shape index (κ2) is 4.74. The fraction of sp³-hybridized carbons (Fsp3) is 0.364. The maximum Gasteiger partial charge on any atom is 0.250 e. The normalized spacial score (nSPS) is 12.2. The highest BCUT2D eigenvalue weighted by Crippen LogP contribution is 2.09. The zero-order valence-corrected chi connectivity index (χ0v) is 8.38. The van der Waals surface area contributed by atoms with Crippen molar-refractivity contribution in [1.82, 2.24) is 5.54 Å². The molecule has 0 saturated heterocycles. The summed E-state index contributed by atoms with van der Waals surface area (Å²) < 4.78 is 11.8. The van der Waals surface area contributed by atoms with Crippen molar-refractivity contribution in [1.29, 1.82) is 0 Å². The highest BCUT2D eigenvalue weighted by Gasteiger charge is 2.12. The Morgan fingerprint density at radius 1 is 1.43 bits per heavy atom. The van der Waals surface area contributed by atoms with Crippen LogP contribution in [-0.4, -0.2) is 5.91 Å². The van der Waals surface area contributed by atoms with Gasteiger partial charge in [0.15, 0.2) is 0 Å². The van der Waals surface area contributed by atoms with Crippen LogP contribution in [0.2, 0.25) is 0 Å². The van der Waals surface area contributed by atoms with Crippen LogP contribution < -0.4 is 5.54 Å². The summed E-state index contributed by atoms with van der Waals surface area (Å²) in [6.07, 6.45) is 0.566.